The van der Waals surface area contributed by atoms with Crippen molar-refractivity contribution < 1.29 is 4.74 Å². The number of rotatable bonds is 3. The molecule has 0 aliphatic rings. The zero-order valence-corrected chi connectivity index (χ0v) is 12.5. The molecule has 1 aromatic rings. The van der Waals surface area contributed by atoms with Crippen LogP contribution >= 0.6 is 73.9 Å². The van der Waals surface area contributed by atoms with E-state index in [4.69, 9.17) is 62.7 Å². The Bertz CT molecular complexity index is 353. The molecule has 0 atom stereocenters. The highest BCUT2D eigenvalue weighted by Gasteiger charge is 2.20. The van der Waals surface area contributed by atoms with Crippen molar-refractivity contribution >= 4 is 73.9 Å². The molecule has 84 valence electrons. The van der Waals surface area contributed by atoms with E-state index < -0.39 is 0 Å². The summed E-state index contributed by atoms with van der Waals surface area (Å²) in [6, 6.07) is 0. The summed E-state index contributed by atoms with van der Waals surface area (Å²) in [7, 11) is 0. The largest absolute Gasteiger partial charge is 0.489 e. The van der Waals surface area contributed by atoms with E-state index in [9.17, 15) is 0 Å². The number of halogens is 6. The van der Waals surface area contributed by atoms with Gasteiger partial charge in [-0.05, 0) is 0 Å². The predicted octanol–water partition coefficient (Wildman–Crippen LogP) is 5.73. The number of hydrogen-bond donors (Lipinski definition) is 0. The van der Waals surface area contributed by atoms with Gasteiger partial charge in [-0.15, -0.1) is 0 Å². The van der Waals surface area contributed by atoms with Crippen molar-refractivity contribution in [2.24, 2.45) is 0 Å². The third-order valence-electron chi connectivity index (χ3n) is 1.49. The lowest BCUT2D eigenvalue weighted by Gasteiger charge is -2.12. The van der Waals surface area contributed by atoms with Crippen molar-refractivity contribution in [3.8, 4) is 5.75 Å². The first-order chi connectivity index (χ1) is 7.00. The van der Waals surface area contributed by atoms with Crippen LogP contribution in [0.25, 0.3) is 0 Å². The molecule has 0 aliphatic carbocycles. The molecule has 1 aromatic carbocycles. The highest BCUT2D eigenvalue weighted by atomic mass is 79.9. The van der Waals surface area contributed by atoms with Crippen LogP contribution in [0.2, 0.25) is 25.1 Å². The second-order valence-electron chi connectivity index (χ2n) is 2.44. The molecule has 0 N–H and O–H groups in total. The van der Waals surface area contributed by atoms with Crippen molar-refractivity contribution in [3.05, 3.63) is 25.1 Å². The van der Waals surface area contributed by atoms with E-state index in [1.165, 1.54) is 0 Å². The first kappa shape index (κ1) is 14.0. The van der Waals surface area contributed by atoms with Gasteiger partial charge in [0.15, 0.2) is 5.75 Å². The van der Waals surface area contributed by atoms with Crippen LogP contribution in [0.4, 0.5) is 0 Å². The lowest BCUT2D eigenvalue weighted by atomic mass is 10.3. The second-order valence-corrected chi connectivity index (χ2v) is 5.12. The molecule has 0 amide bonds. The van der Waals surface area contributed by atoms with Crippen molar-refractivity contribution in [1.82, 2.24) is 0 Å². The average Bonchev–Trinajstić information content (AvgIpc) is 2.24. The third kappa shape index (κ3) is 2.99. The lowest BCUT2D eigenvalue weighted by molar-refractivity contribution is 0.345. The maximum Gasteiger partial charge on any atom is 0.159 e. The van der Waals surface area contributed by atoms with Gasteiger partial charge in [-0.2, -0.15) is 0 Å². The van der Waals surface area contributed by atoms with E-state index in [-0.39, 0.29) is 30.9 Å². The molecular weight excluding hydrogens is 369 g/mol. The van der Waals surface area contributed by atoms with E-state index in [0.29, 0.717) is 11.9 Å². The minimum absolute atomic E-state index is 0.125. The van der Waals surface area contributed by atoms with Crippen LogP contribution in [0.15, 0.2) is 0 Å². The van der Waals surface area contributed by atoms with Crippen molar-refractivity contribution in [2.45, 2.75) is 0 Å². The summed E-state index contributed by atoms with van der Waals surface area (Å²) in [5.41, 5.74) is 0. The highest BCUT2D eigenvalue weighted by Crippen LogP contribution is 2.48. The van der Waals surface area contributed by atoms with Crippen LogP contribution in [-0.2, 0) is 0 Å². The first-order valence-electron chi connectivity index (χ1n) is 3.70. The van der Waals surface area contributed by atoms with Crippen LogP contribution in [0, 0.1) is 0 Å². The molecule has 0 fully saturated rings. The molecule has 0 saturated heterocycles. The Kier molecular flexibility index (Phi) is 5.64. The van der Waals surface area contributed by atoms with E-state index in [1.54, 1.807) is 0 Å². The van der Waals surface area contributed by atoms with Gasteiger partial charge >= 0.3 is 0 Å². The lowest BCUT2D eigenvalue weighted by Crippen LogP contribution is -1.99. The number of ether oxygens (including phenoxy) is 1. The maximum atomic E-state index is 5.91. The van der Waals surface area contributed by atoms with Gasteiger partial charge in [0, 0.05) is 5.33 Å². The topological polar surface area (TPSA) is 9.23 Å². The van der Waals surface area contributed by atoms with E-state index in [0.717, 1.165) is 0 Å². The Morgan fingerprint density at radius 3 is 1.60 bits per heavy atom. The molecule has 0 heterocycles. The molecule has 0 unspecified atom stereocenters. The molecule has 0 bridgehead atoms. The van der Waals surface area contributed by atoms with E-state index in [1.807, 2.05) is 0 Å². The molecule has 0 saturated carbocycles. The average molecular weight is 373 g/mol. The molecule has 0 radical (unpaired) electrons. The van der Waals surface area contributed by atoms with E-state index >= 15 is 0 Å². The maximum absolute atomic E-state index is 5.91. The van der Waals surface area contributed by atoms with Gasteiger partial charge in [-0.1, -0.05) is 73.9 Å². The van der Waals surface area contributed by atoms with Gasteiger partial charge < -0.3 is 4.74 Å². The summed E-state index contributed by atoms with van der Waals surface area (Å²) in [4.78, 5) is 0. The molecule has 1 rings (SSSR count). The molecule has 0 spiro atoms. The summed E-state index contributed by atoms with van der Waals surface area (Å²) >= 11 is 32.5. The Balaban J connectivity index is 3.26. The molecule has 0 aromatic heterocycles. The molecule has 0 aliphatic heterocycles. The summed E-state index contributed by atoms with van der Waals surface area (Å²) in [6.45, 7) is 0.397. The Labute approximate surface area is 121 Å². The summed E-state index contributed by atoms with van der Waals surface area (Å²) in [6.07, 6.45) is 0. The Morgan fingerprint density at radius 1 is 0.800 bits per heavy atom. The zero-order chi connectivity index (χ0) is 11.6. The Hall–Kier alpha value is 0.950. The fourth-order valence-corrected chi connectivity index (χ4v) is 2.24. The monoisotopic (exact) mass is 370 g/mol. The van der Waals surface area contributed by atoms with Crippen LogP contribution in [-0.4, -0.2) is 11.9 Å². The molecule has 1 nitrogen and oxygen atoms in total. The van der Waals surface area contributed by atoms with Crippen molar-refractivity contribution in [2.75, 3.05) is 11.9 Å². The Morgan fingerprint density at radius 2 is 1.20 bits per heavy atom. The van der Waals surface area contributed by atoms with Crippen LogP contribution < -0.4 is 4.74 Å². The number of alkyl halides is 1. The third-order valence-corrected chi connectivity index (χ3v) is 4.06. The summed E-state index contributed by atoms with van der Waals surface area (Å²) in [5.74, 6) is 0.247. The second kappa shape index (κ2) is 6.04. The zero-order valence-electron chi connectivity index (χ0n) is 7.09. The summed E-state index contributed by atoms with van der Waals surface area (Å²) in [5, 5.41) is 1.36. The molecular formula is C8H4BrCl5O. The van der Waals surface area contributed by atoms with Gasteiger partial charge in [0.25, 0.3) is 0 Å². The van der Waals surface area contributed by atoms with Gasteiger partial charge in [-0.25, -0.2) is 0 Å². The number of hydrogen-bond acceptors (Lipinski definition) is 1. The normalized spacial score (nSPS) is 10.5. The van der Waals surface area contributed by atoms with Gasteiger partial charge in [0.1, 0.15) is 10.0 Å². The van der Waals surface area contributed by atoms with Crippen LogP contribution in [0.1, 0.15) is 0 Å². The first-order valence-corrected chi connectivity index (χ1v) is 6.72. The van der Waals surface area contributed by atoms with Crippen molar-refractivity contribution in [3.63, 3.8) is 0 Å². The van der Waals surface area contributed by atoms with Gasteiger partial charge in [-0.3, -0.25) is 0 Å². The SMILES string of the molecule is Clc1c(Cl)c(Cl)c(OCCBr)c(Cl)c1Cl. The minimum Gasteiger partial charge on any atom is -0.489 e. The minimum atomic E-state index is 0.125. The fourth-order valence-electron chi connectivity index (χ4n) is 0.852. The quantitative estimate of drug-likeness (QED) is 0.374. The van der Waals surface area contributed by atoms with Crippen LogP contribution in [0.3, 0.4) is 0 Å². The summed E-state index contributed by atoms with van der Waals surface area (Å²) < 4.78 is 5.30. The molecule has 15 heavy (non-hydrogen) atoms. The predicted molar refractivity (Wildman–Crippen MR) is 70.8 cm³/mol. The van der Waals surface area contributed by atoms with Crippen LogP contribution in [0.5, 0.6) is 5.75 Å². The fraction of sp³-hybridized carbons (Fsp3) is 0.250. The van der Waals surface area contributed by atoms with E-state index in [2.05, 4.69) is 15.9 Å². The van der Waals surface area contributed by atoms with Gasteiger partial charge in [0.2, 0.25) is 0 Å². The standard InChI is InChI=1S/C8H4BrCl5O/c9-1-2-15-8-6(13)4(11)3(10)5(12)7(8)14/h1-2H2. The highest BCUT2D eigenvalue weighted by molar-refractivity contribution is 9.09. The smallest absolute Gasteiger partial charge is 0.159 e. The van der Waals surface area contributed by atoms with Gasteiger partial charge in [0.05, 0.1) is 21.7 Å². The number of benzene rings is 1. The van der Waals surface area contributed by atoms with Crippen molar-refractivity contribution in [1.29, 1.82) is 0 Å². The molecule has 7 heteroatoms.